The first-order valence-corrected chi connectivity index (χ1v) is 12.7. The van der Waals surface area contributed by atoms with Crippen molar-refractivity contribution in [1.29, 1.82) is 0 Å². The number of nitrogens with zero attached hydrogens (tertiary/aromatic N) is 2. The van der Waals surface area contributed by atoms with E-state index in [9.17, 15) is 14.0 Å². The maximum Gasteiger partial charge on any atom is 0.299 e. The summed E-state index contributed by atoms with van der Waals surface area (Å²) < 4.78 is 26.0. The number of benzene rings is 3. The number of ether oxygens (including phenoxy) is 1. The second-order valence-corrected chi connectivity index (χ2v) is 9.37. The van der Waals surface area contributed by atoms with Gasteiger partial charge in [-0.1, -0.05) is 26.0 Å². The van der Waals surface area contributed by atoms with Gasteiger partial charge >= 0.3 is 0 Å². The maximum absolute atomic E-state index is 13.6. The van der Waals surface area contributed by atoms with E-state index in [4.69, 9.17) is 9.15 Å². The van der Waals surface area contributed by atoms with Gasteiger partial charge in [0, 0.05) is 11.3 Å². The van der Waals surface area contributed by atoms with E-state index in [2.05, 4.69) is 29.6 Å². The van der Waals surface area contributed by atoms with E-state index in [1.165, 1.54) is 30.5 Å². The van der Waals surface area contributed by atoms with Crippen LogP contribution in [-0.4, -0.2) is 15.7 Å². The van der Waals surface area contributed by atoms with Gasteiger partial charge in [0.1, 0.15) is 17.3 Å². The lowest BCUT2D eigenvalue weighted by molar-refractivity contribution is 0.0948. The molecule has 2 heterocycles. The first-order valence-electron chi connectivity index (χ1n) is 12.7. The summed E-state index contributed by atoms with van der Waals surface area (Å²) in [5, 5.41) is 10.2. The highest BCUT2D eigenvalue weighted by Crippen LogP contribution is 2.30. The third kappa shape index (κ3) is 6.10. The van der Waals surface area contributed by atoms with Gasteiger partial charge in [-0.25, -0.2) is 4.39 Å². The topological polar surface area (TPSA) is 98.4 Å². The first-order chi connectivity index (χ1) is 19.4. The summed E-state index contributed by atoms with van der Waals surface area (Å²) in [4.78, 5) is 26.1. The Morgan fingerprint density at radius 2 is 1.80 bits per heavy atom. The molecule has 1 amide bonds. The highest BCUT2D eigenvalue weighted by molar-refractivity contribution is 5.94. The summed E-state index contributed by atoms with van der Waals surface area (Å²) in [5.74, 6) is 1.02. The Labute approximate surface area is 230 Å². The fourth-order valence-corrected chi connectivity index (χ4v) is 3.99. The Balaban J connectivity index is 1.44. The molecule has 0 spiro atoms. The molecule has 0 saturated heterocycles. The van der Waals surface area contributed by atoms with Gasteiger partial charge in [-0.3, -0.25) is 9.59 Å². The van der Waals surface area contributed by atoms with Crippen molar-refractivity contribution in [3.63, 3.8) is 0 Å². The molecule has 3 aromatic carbocycles. The number of furan rings is 1. The number of halogens is 1. The molecule has 0 unspecified atom stereocenters. The summed E-state index contributed by atoms with van der Waals surface area (Å²) in [7, 11) is 0. The van der Waals surface area contributed by atoms with E-state index in [0.29, 0.717) is 34.4 Å². The standard InChI is InChI=1S/C31H27FN4O4/c1-20(2)22-5-3-6-26(17-22)40-28-19-34-36(25-14-10-23(32)11-15-25)31(38)29(28)35-24-12-8-21(9-13-24)30(37)33-18-27-7-4-16-39-27/h3-17,19-20,35H,18H2,1-2H3,(H,33,37). The monoisotopic (exact) mass is 538 g/mol. The van der Waals surface area contributed by atoms with E-state index < -0.39 is 11.4 Å². The van der Waals surface area contributed by atoms with Gasteiger partial charge in [0.05, 0.1) is 24.7 Å². The molecule has 0 saturated carbocycles. The second kappa shape index (κ2) is 11.7. The average Bonchev–Trinajstić information content (AvgIpc) is 3.49. The Hall–Kier alpha value is -5.18. The van der Waals surface area contributed by atoms with Crippen LogP contribution in [0.2, 0.25) is 0 Å². The van der Waals surface area contributed by atoms with Gasteiger partial charge in [0.25, 0.3) is 11.5 Å². The van der Waals surface area contributed by atoms with Gasteiger partial charge in [-0.15, -0.1) is 0 Å². The summed E-state index contributed by atoms with van der Waals surface area (Å²) in [6, 6.07) is 23.3. The molecule has 0 fully saturated rings. The molecular weight excluding hydrogens is 511 g/mol. The summed E-state index contributed by atoms with van der Waals surface area (Å²) in [6.07, 6.45) is 2.98. The minimum Gasteiger partial charge on any atom is -0.467 e. The van der Waals surface area contributed by atoms with Crippen LogP contribution < -0.4 is 20.9 Å². The van der Waals surface area contributed by atoms with Crippen LogP contribution >= 0.6 is 0 Å². The van der Waals surface area contributed by atoms with Crippen molar-refractivity contribution >= 4 is 17.3 Å². The largest absolute Gasteiger partial charge is 0.467 e. The summed E-state index contributed by atoms with van der Waals surface area (Å²) in [5.41, 5.74) is 2.11. The van der Waals surface area contributed by atoms with Crippen molar-refractivity contribution in [2.24, 2.45) is 0 Å². The number of amides is 1. The van der Waals surface area contributed by atoms with Crippen molar-refractivity contribution in [2.45, 2.75) is 26.3 Å². The highest BCUT2D eigenvalue weighted by Gasteiger charge is 2.16. The van der Waals surface area contributed by atoms with Gasteiger partial charge < -0.3 is 19.8 Å². The first kappa shape index (κ1) is 26.4. The van der Waals surface area contributed by atoms with E-state index >= 15 is 0 Å². The molecule has 0 aliphatic heterocycles. The molecule has 0 aliphatic carbocycles. The summed E-state index contributed by atoms with van der Waals surface area (Å²) in [6.45, 7) is 4.43. The van der Waals surface area contributed by atoms with Crippen LogP contribution in [-0.2, 0) is 6.54 Å². The maximum atomic E-state index is 13.6. The average molecular weight is 539 g/mol. The van der Waals surface area contributed by atoms with Crippen LogP contribution in [0.1, 0.15) is 41.4 Å². The van der Waals surface area contributed by atoms with Crippen LogP contribution in [0.25, 0.3) is 5.69 Å². The lowest BCUT2D eigenvalue weighted by Crippen LogP contribution is -2.24. The molecule has 8 nitrogen and oxygen atoms in total. The van der Waals surface area contributed by atoms with Crippen molar-refractivity contribution < 1.29 is 18.3 Å². The number of carbonyl (C=O) groups is 1. The fraction of sp³-hybridized carbons (Fsp3) is 0.129. The molecule has 0 atom stereocenters. The van der Waals surface area contributed by atoms with Crippen LogP contribution in [0.3, 0.4) is 0 Å². The Morgan fingerprint density at radius 1 is 1.02 bits per heavy atom. The third-order valence-corrected chi connectivity index (χ3v) is 6.19. The van der Waals surface area contributed by atoms with Crippen LogP contribution in [0.4, 0.5) is 15.8 Å². The molecule has 0 radical (unpaired) electrons. The SMILES string of the molecule is CC(C)c1cccc(Oc2cnn(-c3ccc(F)cc3)c(=O)c2Nc2ccc(C(=O)NCc3ccco3)cc2)c1. The Kier molecular flexibility index (Phi) is 7.72. The number of nitrogens with one attached hydrogen (secondary N) is 2. The zero-order chi connectivity index (χ0) is 28.1. The Bertz CT molecular complexity index is 1660. The van der Waals surface area contributed by atoms with E-state index in [1.54, 1.807) is 48.7 Å². The van der Waals surface area contributed by atoms with Crippen molar-refractivity contribution in [3.05, 3.63) is 130 Å². The number of rotatable bonds is 9. The van der Waals surface area contributed by atoms with Crippen LogP contribution in [0.5, 0.6) is 11.5 Å². The lowest BCUT2D eigenvalue weighted by Gasteiger charge is -2.15. The number of carbonyl (C=O) groups excluding carboxylic acids is 1. The number of aromatic nitrogens is 2. The third-order valence-electron chi connectivity index (χ3n) is 6.19. The second-order valence-electron chi connectivity index (χ2n) is 9.37. The number of anilines is 2. The van der Waals surface area contributed by atoms with Gasteiger partial charge in [0.15, 0.2) is 11.4 Å². The molecule has 9 heteroatoms. The minimum absolute atomic E-state index is 0.129. The molecule has 5 rings (SSSR count). The van der Waals surface area contributed by atoms with Crippen molar-refractivity contribution in [3.8, 4) is 17.2 Å². The minimum atomic E-state index is -0.496. The Morgan fingerprint density at radius 3 is 2.50 bits per heavy atom. The zero-order valence-corrected chi connectivity index (χ0v) is 21.9. The van der Waals surface area contributed by atoms with Crippen LogP contribution in [0.15, 0.2) is 107 Å². The lowest BCUT2D eigenvalue weighted by atomic mass is 10.0. The van der Waals surface area contributed by atoms with E-state index in [0.717, 1.165) is 10.2 Å². The van der Waals surface area contributed by atoms with Crippen molar-refractivity contribution in [2.75, 3.05) is 5.32 Å². The number of hydrogen-bond acceptors (Lipinski definition) is 6. The zero-order valence-electron chi connectivity index (χ0n) is 21.9. The van der Waals surface area contributed by atoms with Crippen molar-refractivity contribution in [1.82, 2.24) is 15.1 Å². The predicted molar refractivity (Wildman–Crippen MR) is 150 cm³/mol. The molecule has 40 heavy (non-hydrogen) atoms. The fourth-order valence-electron chi connectivity index (χ4n) is 3.99. The molecule has 2 N–H and O–H groups in total. The molecule has 202 valence electrons. The predicted octanol–water partition coefficient (Wildman–Crippen LogP) is 6.55. The van der Waals surface area contributed by atoms with Gasteiger partial charge in [-0.05, 0) is 84.3 Å². The highest BCUT2D eigenvalue weighted by atomic mass is 19.1. The molecule has 0 bridgehead atoms. The van der Waals surface area contributed by atoms with Crippen LogP contribution in [0, 0.1) is 5.82 Å². The smallest absolute Gasteiger partial charge is 0.299 e. The molecule has 5 aromatic rings. The normalized spacial score (nSPS) is 10.9. The van der Waals surface area contributed by atoms with Gasteiger partial charge in [0.2, 0.25) is 0 Å². The van der Waals surface area contributed by atoms with E-state index in [-0.39, 0.29) is 23.9 Å². The quantitative estimate of drug-likeness (QED) is 0.221. The van der Waals surface area contributed by atoms with Gasteiger partial charge in [-0.2, -0.15) is 9.78 Å². The molecule has 0 aliphatic rings. The number of hydrogen-bond donors (Lipinski definition) is 2. The van der Waals surface area contributed by atoms with E-state index in [1.807, 2.05) is 18.2 Å². The molecular formula is C31H27FN4O4. The summed E-state index contributed by atoms with van der Waals surface area (Å²) >= 11 is 0. The molecule has 2 aromatic heterocycles.